The average molecular weight is 301 g/mol. The van der Waals surface area contributed by atoms with Gasteiger partial charge in [-0.25, -0.2) is 0 Å². The second-order valence-electron chi connectivity index (χ2n) is 6.16. The summed E-state index contributed by atoms with van der Waals surface area (Å²) in [5.41, 5.74) is 3.47. The van der Waals surface area contributed by atoms with E-state index in [1.807, 2.05) is 11.8 Å². The van der Waals surface area contributed by atoms with E-state index in [-0.39, 0.29) is 0 Å². The van der Waals surface area contributed by atoms with Crippen molar-refractivity contribution in [2.24, 2.45) is 0 Å². The largest absolute Gasteiger partial charge is 0.129 e. The first-order valence-corrected chi connectivity index (χ1v) is 11.5. The quantitative estimate of drug-likeness (QED) is 0.538. The van der Waals surface area contributed by atoms with Crippen LogP contribution in [0.4, 0.5) is 0 Å². The smallest absolute Gasteiger partial charge is 0.0831 e. The van der Waals surface area contributed by atoms with E-state index in [1.54, 1.807) is 5.19 Å². The fraction of sp³-hybridized carbons (Fsp3) is 0.333. The van der Waals surface area contributed by atoms with Crippen LogP contribution in [0.5, 0.6) is 0 Å². The van der Waals surface area contributed by atoms with E-state index in [2.05, 4.69) is 81.7 Å². The summed E-state index contributed by atoms with van der Waals surface area (Å²) in [5, 5.41) is 1.56. The first-order chi connectivity index (χ1) is 9.46. The van der Waals surface area contributed by atoms with Gasteiger partial charge in [-0.3, -0.25) is 0 Å². The van der Waals surface area contributed by atoms with Crippen LogP contribution in [0.3, 0.4) is 0 Å². The molecule has 0 unspecified atom stereocenters. The van der Waals surface area contributed by atoms with Crippen LogP contribution in [0, 0.1) is 0 Å². The van der Waals surface area contributed by atoms with Crippen LogP contribution in [0.25, 0.3) is 11.1 Å². The highest BCUT2D eigenvalue weighted by Gasteiger charge is 2.27. The third kappa shape index (κ3) is 3.02. The molecule has 0 amide bonds. The molecule has 2 rings (SSSR count). The molecule has 0 aliphatic heterocycles. The zero-order chi connectivity index (χ0) is 14.8. The van der Waals surface area contributed by atoms with E-state index in [4.69, 9.17) is 0 Å². The number of hydrogen-bond donors (Lipinski definition) is 0. The standard InChI is InChI=1S/C18H24SSi/c1-14(2)20(4,5)16-10-8-9-15(13-16)17-11-6-7-12-18(17)19-3/h6-14H,1-5H3. The fourth-order valence-electron chi connectivity index (χ4n) is 2.30. The van der Waals surface area contributed by atoms with Crippen molar-refractivity contribution in [1.29, 1.82) is 0 Å². The van der Waals surface area contributed by atoms with Gasteiger partial charge < -0.3 is 0 Å². The third-order valence-electron chi connectivity index (χ3n) is 4.47. The molecular formula is C18H24SSi. The van der Waals surface area contributed by atoms with E-state index in [0.29, 0.717) is 0 Å². The fourth-order valence-corrected chi connectivity index (χ4v) is 4.64. The molecule has 2 aromatic carbocycles. The minimum atomic E-state index is -1.36. The summed E-state index contributed by atoms with van der Waals surface area (Å²) in [4.78, 5) is 1.36. The van der Waals surface area contributed by atoms with Gasteiger partial charge in [0.05, 0.1) is 8.07 Å². The van der Waals surface area contributed by atoms with Gasteiger partial charge in [0.1, 0.15) is 0 Å². The predicted octanol–water partition coefficient (Wildman–Crippen LogP) is 5.40. The van der Waals surface area contributed by atoms with Crippen molar-refractivity contribution >= 4 is 25.0 Å². The molecule has 0 saturated carbocycles. The highest BCUT2D eigenvalue weighted by molar-refractivity contribution is 7.98. The highest BCUT2D eigenvalue weighted by atomic mass is 32.2. The Morgan fingerprint density at radius 2 is 1.65 bits per heavy atom. The molecular weight excluding hydrogens is 276 g/mol. The van der Waals surface area contributed by atoms with Gasteiger partial charge in [0.25, 0.3) is 0 Å². The minimum absolute atomic E-state index is 0.758. The lowest BCUT2D eigenvalue weighted by atomic mass is 10.1. The first kappa shape index (κ1) is 15.4. The summed E-state index contributed by atoms with van der Waals surface area (Å²) < 4.78 is 0. The van der Waals surface area contributed by atoms with Gasteiger partial charge in [-0.1, -0.05) is 74.6 Å². The Morgan fingerprint density at radius 3 is 2.30 bits per heavy atom. The van der Waals surface area contributed by atoms with E-state index in [1.165, 1.54) is 16.0 Å². The van der Waals surface area contributed by atoms with E-state index in [0.717, 1.165) is 5.54 Å². The maximum atomic E-state index is 2.47. The predicted molar refractivity (Wildman–Crippen MR) is 95.9 cm³/mol. The Hall–Kier alpha value is -0.993. The monoisotopic (exact) mass is 300 g/mol. The van der Waals surface area contributed by atoms with Crippen molar-refractivity contribution in [2.45, 2.75) is 37.4 Å². The van der Waals surface area contributed by atoms with Crippen molar-refractivity contribution in [3.8, 4) is 11.1 Å². The average Bonchev–Trinajstić information content (AvgIpc) is 2.47. The van der Waals surface area contributed by atoms with Crippen LogP contribution in [-0.4, -0.2) is 14.3 Å². The zero-order valence-electron chi connectivity index (χ0n) is 13.1. The molecule has 0 radical (unpaired) electrons. The van der Waals surface area contributed by atoms with Gasteiger partial charge in [-0.05, 0) is 29.0 Å². The van der Waals surface area contributed by atoms with Gasteiger partial charge in [0.2, 0.25) is 0 Å². The second kappa shape index (κ2) is 6.19. The zero-order valence-corrected chi connectivity index (χ0v) is 14.9. The van der Waals surface area contributed by atoms with Crippen molar-refractivity contribution < 1.29 is 0 Å². The van der Waals surface area contributed by atoms with Crippen LogP contribution in [0.1, 0.15) is 13.8 Å². The summed E-state index contributed by atoms with van der Waals surface area (Å²) in [6, 6.07) is 17.9. The molecule has 0 N–H and O–H groups in total. The molecule has 2 aromatic rings. The SMILES string of the molecule is CSc1ccccc1-c1cccc([Si](C)(C)C(C)C)c1. The Labute approximate surface area is 128 Å². The summed E-state index contributed by atoms with van der Waals surface area (Å²) in [6.07, 6.45) is 2.15. The molecule has 0 heterocycles. The van der Waals surface area contributed by atoms with E-state index in [9.17, 15) is 0 Å². The summed E-state index contributed by atoms with van der Waals surface area (Å²) in [7, 11) is -1.36. The molecule has 0 aliphatic rings. The number of rotatable bonds is 4. The topological polar surface area (TPSA) is 0 Å². The van der Waals surface area contributed by atoms with Gasteiger partial charge in [-0.15, -0.1) is 11.8 Å². The normalized spacial score (nSPS) is 11.9. The Balaban J connectivity index is 2.50. The van der Waals surface area contributed by atoms with Gasteiger partial charge in [-0.2, -0.15) is 0 Å². The second-order valence-corrected chi connectivity index (χ2v) is 12.2. The third-order valence-corrected chi connectivity index (χ3v) is 9.95. The van der Waals surface area contributed by atoms with Crippen molar-refractivity contribution in [3.05, 3.63) is 48.5 Å². The maximum absolute atomic E-state index is 2.47. The van der Waals surface area contributed by atoms with Gasteiger partial charge in [0, 0.05) is 4.90 Å². The molecule has 0 spiro atoms. The molecule has 0 nitrogen and oxygen atoms in total. The molecule has 0 aromatic heterocycles. The minimum Gasteiger partial charge on any atom is -0.129 e. The lowest BCUT2D eigenvalue weighted by molar-refractivity contribution is 1.02. The van der Waals surface area contributed by atoms with Crippen LogP contribution >= 0.6 is 11.8 Å². The number of hydrogen-bond acceptors (Lipinski definition) is 1. The van der Waals surface area contributed by atoms with Crippen LogP contribution in [-0.2, 0) is 0 Å². The molecule has 0 saturated heterocycles. The Morgan fingerprint density at radius 1 is 0.950 bits per heavy atom. The molecule has 2 heteroatoms. The molecule has 0 fully saturated rings. The lowest BCUT2D eigenvalue weighted by Crippen LogP contribution is -2.44. The van der Waals surface area contributed by atoms with Crippen molar-refractivity contribution in [2.75, 3.05) is 6.26 Å². The molecule has 106 valence electrons. The van der Waals surface area contributed by atoms with Crippen LogP contribution < -0.4 is 5.19 Å². The van der Waals surface area contributed by atoms with Crippen LogP contribution in [0.15, 0.2) is 53.4 Å². The highest BCUT2D eigenvalue weighted by Crippen LogP contribution is 2.30. The molecule has 0 aliphatic carbocycles. The lowest BCUT2D eigenvalue weighted by Gasteiger charge is -2.28. The van der Waals surface area contributed by atoms with E-state index < -0.39 is 8.07 Å². The number of thioether (sulfide) groups is 1. The molecule has 0 bridgehead atoms. The van der Waals surface area contributed by atoms with E-state index >= 15 is 0 Å². The maximum Gasteiger partial charge on any atom is 0.0831 e. The van der Waals surface area contributed by atoms with Crippen molar-refractivity contribution in [3.63, 3.8) is 0 Å². The van der Waals surface area contributed by atoms with Gasteiger partial charge >= 0.3 is 0 Å². The Kier molecular flexibility index (Phi) is 4.77. The summed E-state index contributed by atoms with van der Waals surface area (Å²) in [5.74, 6) is 0. The van der Waals surface area contributed by atoms with Crippen LogP contribution in [0.2, 0.25) is 18.6 Å². The van der Waals surface area contributed by atoms with Gasteiger partial charge in [0.15, 0.2) is 0 Å². The summed E-state index contributed by atoms with van der Waals surface area (Å²) >= 11 is 1.82. The molecule has 20 heavy (non-hydrogen) atoms. The summed E-state index contributed by atoms with van der Waals surface area (Å²) in [6.45, 7) is 9.65. The molecule has 0 atom stereocenters. The Bertz CT molecular complexity index is 587. The first-order valence-electron chi connectivity index (χ1n) is 7.20. The number of benzene rings is 2. The van der Waals surface area contributed by atoms with Crippen molar-refractivity contribution in [1.82, 2.24) is 0 Å².